The molecule has 0 bridgehead atoms. The highest BCUT2D eigenvalue weighted by Gasteiger charge is 2.26. The second-order valence-corrected chi connectivity index (χ2v) is 8.75. The molecule has 0 saturated carbocycles. The number of nitrogens with zero attached hydrogens (tertiary/aromatic N) is 2. The molecule has 5 aromatic carbocycles. The summed E-state index contributed by atoms with van der Waals surface area (Å²) in [6.45, 7) is 2.11. The Labute approximate surface area is 217 Å². The zero-order valence-corrected chi connectivity index (χ0v) is 19.6. The first-order valence-electron chi connectivity index (χ1n) is 14.5. The van der Waals surface area contributed by atoms with Crippen LogP contribution in [0.4, 0.5) is 0 Å². The molecular formula is C33H24N2O. The number of benzene rings is 5. The van der Waals surface area contributed by atoms with Gasteiger partial charge in [-0.1, -0.05) is 97.8 Å². The third-order valence-electron chi connectivity index (χ3n) is 6.68. The second-order valence-electron chi connectivity index (χ2n) is 8.75. The molecule has 3 nitrogen and oxygen atoms in total. The van der Waals surface area contributed by atoms with Crippen LogP contribution in [0.3, 0.4) is 0 Å². The van der Waals surface area contributed by atoms with E-state index in [1.165, 1.54) is 0 Å². The third kappa shape index (κ3) is 3.24. The average Bonchev–Trinajstić information content (AvgIpc) is 3.40. The number of rotatable bonds is 4. The van der Waals surface area contributed by atoms with Crippen LogP contribution in [0.15, 0.2) is 115 Å². The maximum Gasteiger partial charge on any atom is 0.161 e. The standard InChI is InChI=1S/C33H24N2O/c1-2-31-34-28-21-20-27(33-32(28)35(31)29-10-6-7-11-30(29)36-33)26-18-16-25(17-19-26)24-14-12-23(13-15-24)22-8-4-3-5-9-22/h3-21H,2H2,1H3/i3D,4D,5D,8D,9D. The van der Waals surface area contributed by atoms with E-state index < -0.39 is 6.04 Å². The Morgan fingerprint density at radius 1 is 0.722 bits per heavy atom. The summed E-state index contributed by atoms with van der Waals surface area (Å²) in [6, 6.07) is 26.3. The lowest BCUT2D eigenvalue weighted by Gasteiger charge is -2.23. The number of hydrogen-bond donors (Lipinski definition) is 0. The fourth-order valence-electron chi connectivity index (χ4n) is 4.92. The molecule has 0 atom stereocenters. The smallest absolute Gasteiger partial charge is 0.161 e. The quantitative estimate of drug-likeness (QED) is 0.258. The van der Waals surface area contributed by atoms with Gasteiger partial charge in [0.1, 0.15) is 11.3 Å². The van der Waals surface area contributed by atoms with Crippen LogP contribution in [-0.2, 0) is 6.42 Å². The highest BCUT2D eigenvalue weighted by atomic mass is 16.5. The van der Waals surface area contributed by atoms with E-state index in [2.05, 4.69) is 47.9 Å². The van der Waals surface area contributed by atoms with Crippen molar-refractivity contribution in [1.29, 1.82) is 0 Å². The number of para-hydroxylation sites is 2. The topological polar surface area (TPSA) is 27.1 Å². The number of hydrogen-bond acceptors (Lipinski definition) is 2. The molecule has 7 rings (SSSR count). The van der Waals surface area contributed by atoms with Crippen LogP contribution in [-0.4, -0.2) is 9.55 Å². The third-order valence-corrected chi connectivity index (χ3v) is 6.68. The molecule has 6 aromatic rings. The molecule has 1 aliphatic rings. The number of imidazole rings is 1. The zero-order chi connectivity index (χ0) is 28.4. The van der Waals surface area contributed by atoms with Gasteiger partial charge in [0, 0.05) is 12.0 Å². The monoisotopic (exact) mass is 469 g/mol. The van der Waals surface area contributed by atoms with Crippen molar-refractivity contribution in [2.45, 2.75) is 13.3 Å². The molecule has 2 heterocycles. The van der Waals surface area contributed by atoms with Crippen molar-refractivity contribution in [3.05, 3.63) is 121 Å². The Morgan fingerprint density at radius 2 is 1.36 bits per heavy atom. The van der Waals surface area contributed by atoms with E-state index in [1.807, 2.05) is 36.4 Å². The van der Waals surface area contributed by atoms with Crippen LogP contribution in [0.25, 0.3) is 50.1 Å². The van der Waals surface area contributed by atoms with Crippen LogP contribution in [0.5, 0.6) is 11.5 Å². The average molecular weight is 470 g/mol. The van der Waals surface area contributed by atoms with Crippen LogP contribution in [0, 0.1) is 0 Å². The molecule has 0 saturated heterocycles. The van der Waals surface area contributed by atoms with E-state index in [0.717, 1.165) is 62.7 Å². The largest absolute Gasteiger partial charge is 0.452 e. The van der Waals surface area contributed by atoms with Gasteiger partial charge in [-0.3, -0.25) is 4.57 Å². The van der Waals surface area contributed by atoms with Crippen molar-refractivity contribution in [1.82, 2.24) is 9.55 Å². The van der Waals surface area contributed by atoms with Crippen molar-refractivity contribution in [3.63, 3.8) is 0 Å². The van der Waals surface area contributed by atoms with Gasteiger partial charge in [-0.05, 0) is 52.1 Å². The molecule has 0 unspecified atom stereocenters. The predicted molar refractivity (Wildman–Crippen MR) is 147 cm³/mol. The summed E-state index contributed by atoms with van der Waals surface area (Å²) in [5.41, 5.74) is 7.63. The van der Waals surface area contributed by atoms with Gasteiger partial charge in [0.15, 0.2) is 11.5 Å². The van der Waals surface area contributed by atoms with Gasteiger partial charge in [0.2, 0.25) is 0 Å². The molecule has 0 amide bonds. The van der Waals surface area contributed by atoms with Gasteiger partial charge in [-0.2, -0.15) is 0 Å². The maximum absolute atomic E-state index is 8.26. The normalized spacial score (nSPS) is 13.8. The Hall–Kier alpha value is -4.63. The molecule has 3 heteroatoms. The molecular weight excluding hydrogens is 440 g/mol. The number of ether oxygens (including phenoxy) is 1. The summed E-state index contributed by atoms with van der Waals surface area (Å²) in [7, 11) is 0. The number of aryl methyl sites for hydroxylation is 1. The van der Waals surface area contributed by atoms with E-state index in [4.69, 9.17) is 16.6 Å². The van der Waals surface area contributed by atoms with Gasteiger partial charge in [-0.25, -0.2) is 4.98 Å². The van der Waals surface area contributed by atoms with E-state index in [9.17, 15) is 0 Å². The number of aromatic nitrogens is 2. The van der Waals surface area contributed by atoms with E-state index in [1.54, 1.807) is 12.1 Å². The second kappa shape index (κ2) is 8.24. The van der Waals surface area contributed by atoms with Crippen LogP contribution < -0.4 is 4.74 Å². The molecule has 1 aromatic heterocycles. The van der Waals surface area contributed by atoms with E-state index in [-0.39, 0.29) is 29.7 Å². The molecule has 1 aliphatic heterocycles. The van der Waals surface area contributed by atoms with E-state index in [0.29, 0.717) is 5.56 Å². The molecule has 0 spiro atoms. The molecule has 0 radical (unpaired) electrons. The summed E-state index contributed by atoms with van der Waals surface area (Å²) >= 11 is 0. The van der Waals surface area contributed by atoms with Crippen LogP contribution in [0.1, 0.15) is 19.6 Å². The van der Waals surface area contributed by atoms with Gasteiger partial charge in [0.25, 0.3) is 0 Å². The summed E-state index contributed by atoms with van der Waals surface area (Å²) in [6.07, 6.45) is 0.807. The van der Waals surface area contributed by atoms with Crippen molar-refractivity contribution in [2.24, 2.45) is 0 Å². The summed E-state index contributed by atoms with van der Waals surface area (Å²) in [5, 5.41) is 0. The highest BCUT2D eigenvalue weighted by Crippen LogP contribution is 2.46. The fraction of sp³-hybridized carbons (Fsp3) is 0.0606. The lowest BCUT2D eigenvalue weighted by molar-refractivity contribution is 0.476. The first-order chi connectivity index (χ1) is 19.9. The van der Waals surface area contributed by atoms with Gasteiger partial charge >= 0.3 is 0 Å². The van der Waals surface area contributed by atoms with E-state index >= 15 is 0 Å². The van der Waals surface area contributed by atoms with Gasteiger partial charge in [-0.15, -0.1) is 0 Å². The SMILES string of the molecule is [2H]c1c([2H])c([2H])c(-c2ccc(-c3ccc(-c4ccc5nc(CC)n6c5c4Oc4ccccc4-6)cc3)cc2)c([2H])c1[2H]. The lowest BCUT2D eigenvalue weighted by atomic mass is 9.97. The fourth-order valence-corrected chi connectivity index (χ4v) is 4.92. The van der Waals surface area contributed by atoms with Gasteiger partial charge < -0.3 is 4.74 Å². The molecule has 0 fully saturated rings. The van der Waals surface area contributed by atoms with Crippen molar-refractivity contribution < 1.29 is 11.6 Å². The molecule has 0 N–H and O–H groups in total. The minimum atomic E-state index is -0.390. The van der Waals surface area contributed by atoms with Crippen LogP contribution >= 0.6 is 0 Å². The minimum absolute atomic E-state index is 0.203. The van der Waals surface area contributed by atoms with Crippen molar-refractivity contribution >= 4 is 11.0 Å². The maximum atomic E-state index is 8.26. The van der Waals surface area contributed by atoms with Crippen LogP contribution in [0.2, 0.25) is 0 Å². The Morgan fingerprint density at radius 3 is 2.06 bits per heavy atom. The number of fused-ring (bicyclic) bond motifs is 2. The highest BCUT2D eigenvalue weighted by molar-refractivity contribution is 5.94. The first kappa shape index (κ1) is 16.1. The summed E-state index contributed by atoms with van der Waals surface area (Å²) in [5.74, 6) is 2.60. The first-order valence-corrected chi connectivity index (χ1v) is 12.0. The molecule has 172 valence electrons. The molecule has 36 heavy (non-hydrogen) atoms. The van der Waals surface area contributed by atoms with Gasteiger partial charge in [0.05, 0.1) is 18.1 Å². The minimum Gasteiger partial charge on any atom is -0.452 e. The lowest BCUT2D eigenvalue weighted by Crippen LogP contribution is -2.07. The van der Waals surface area contributed by atoms with Crippen molar-refractivity contribution in [3.8, 4) is 50.6 Å². The van der Waals surface area contributed by atoms with Crippen molar-refractivity contribution in [2.75, 3.05) is 0 Å². The summed E-state index contributed by atoms with van der Waals surface area (Å²) in [4.78, 5) is 4.87. The Bertz CT molecular complexity index is 1970. The predicted octanol–water partition coefficient (Wildman–Crippen LogP) is 8.69. The zero-order valence-electron chi connectivity index (χ0n) is 24.6. The Balaban J connectivity index is 1.26. The molecule has 0 aliphatic carbocycles. The summed E-state index contributed by atoms with van der Waals surface area (Å²) < 4.78 is 49.0. The Kier molecular flexibility index (Phi) is 3.69.